The monoisotopic (exact) mass is 833 g/mol. The maximum absolute atomic E-state index is 5.12. The first-order chi connectivity index (χ1) is 32.2. The van der Waals surface area contributed by atoms with Crippen LogP contribution in [0, 0.1) is 5.92 Å². The maximum atomic E-state index is 5.12. The molecule has 0 saturated heterocycles. The molecule has 8 aromatic rings. The van der Waals surface area contributed by atoms with E-state index < -0.39 is 5.41 Å². The van der Waals surface area contributed by atoms with E-state index in [4.69, 9.17) is 9.98 Å². The van der Waals surface area contributed by atoms with Crippen molar-refractivity contribution >= 4 is 33.6 Å². The summed E-state index contributed by atoms with van der Waals surface area (Å²) in [5.41, 5.74) is 17.1. The van der Waals surface area contributed by atoms with E-state index in [1.165, 1.54) is 77.6 Å². The van der Waals surface area contributed by atoms with Gasteiger partial charge in [-0.3, -0.25) is 0 Å². The number of benzene rings is 8. The molecule has 4 aliphatic rings. The number of allylic oxidation sites excluding steroid dienone is 7. The number of fused-ring (bicyclic) bond motifs is 5. The topological polar surface area (TPSA) is 36.8 Å². The van der Waals surface area contributed by atoms with Gasteiger partial charge in [0.1, 0.15) is 12.0 Å². The van der Waals surface area contributed by atoms with Crippen LogP contribution >= 0.6 is 0 Å². The lowest BCUT2D eigenvalue weighted by molar-refractivity contribution is 0.643. The summed E-state index contributed by atoms with van der Waals surface area (Å²) < 4.78 is 0. The van der Waals surface area contributed by atoms with Crippen molar-refractivity contribution in [3.05, 3.63) is 275 Å². The first kappa shape index (κ1) is 38.8. The van der Waals surface area contributed by atoms with Crippen LogP contribution in [0.4, 0.5) is 0 Å². The molecule has 0 aromatic heterocycles. The fourth-order valence-corrected chi connectivity index (χ4v) is 10.7. The predicted octanol–water partition coefficient (Wildman–Crippen LogP) is 14.7. The maximum Gasteiger partial charge on any atom is 0.159 e. The van der Waals surface area contributed by atoms with Crippen LogP contribution in [0.5, 0.6) is 0 Å². The highest BCUT2D eigenvalue weighted by Gasteiger charge is 2.48. The summed E-state index contributed by atoms with van der Waals surface area (Å²) in [5, 5.41) is 6.26. The van der Waals surface area contributed by atoms with Gasteiger partial charge >= 0.3 is 0 Å². The zero-order valence-electron chi connectivity index (χ0n) is 36.1. The number of nitrogens with one attached hydrogen (secondary N) is 1. The van der Waals surface area contributed by atoms with Gasteiger partial charge in [0.25, 0.3) is 0 Å². The third kappa shape index (κ3) is 6.74. The van der Waals surface area contributed by atoms with Crippen molar-refractivity contribution in [3.63, 3.8) is 0 Å². The molecule has 65 heavy (non-hydrogen) atoms. The number of aliphatic imine (C=N–C) groups is 2. The lowest BCUT2D eigenvalue weighted by Crippen LogP contribution is -2.37. The minimum atomic E-state index is -0.550. The molecule has 0 amide bonds. The molecule has 0 bridgehead atoms. The molecule has 2 unspecified atom stereocenters. The molecular formula is C62H47N3. The van der Waals surface area contributed by atoms with Gasteiger partial charge < -0.3 is 5.32 Å². The largest absolute Gasteiger partial charge is 0.348 e. The first-order valence-electron chi connectivity index (χ1n) is 22.9. The van der Waals surface area contributed by atoms with Gasteiger partial charge in [0.05, 0.1) is 5.41 Å². The van der Waals surface area contributed by atoms with Gasteiger partial charge in [-0.2, -0.15) is 0 Å². The van der Waals surface area contributed by atoms with Crippen molar-refractivity contribution in [1.82, 2.24) is 5.32 Å². The van der Waals surface area contributed by atoms with Crippen LogP contribution < -0.4 is 5.32 Å². The van der Waals surface area contributed by atoms with Crippen LogP contribution in [-0.2, 0) is 5.41 Å². The number of hydrogen-bond donors (Lipinski definition) is 1. The number of nitrogens with zero attached hydrogens (tertiary/aromatic N) is 2. The van der Waals surface area contributed by atoms with E-state index in [2.05, 4.69) is 212 Å². The van der Waals surface area contributed by atoms with E-state index in [0.717, 1.165) is 42.1 Å². The molecule has 1 N–H and O–H groups in total. The lowest BCUT2D eigenvalue weighted by Gasteiger charge is -2.35. The van der Waals surface area contributed by atoms with Gasteiger partial charge in [-0.25, -0.2) is 9.98 Å². The fraction of sp³-hybridized carbons (Fsp3) is 0.0968. The van der Waals surface area contributed by atoms with Gasteiger partial charge in [-0.15, -0.1) is 0 Å². The molecule has 0 radical (unpaired) electrons. The molecule has 8 aromatic carbocycles. The molecule has 3 heteroatoms. The number of hydrogen-bond acceptors (Lipinski definition) is 3. The predicted molar refractivity (Wildman–Crippen MR) is 271 cm³/mol. The zero-order chi connectivity index (χ0) is 43.2. The van der Waals surface area contributed by atoms with Crippen molar-refractivity contribution in [3.8, 4) is 22.3 Å². The van der Waals surface area contributed by atoms with Crippen LogP contribution in [0.25, 0.3) is 44.2 Å². The molecule has 12 rings (SSSR count). The Balaban J connectivity index is 0.950. The van der Waals surface area contributed by atoms with Crippen LogP contribution in [0.1, 0.15) is 69.9 Å². The second-order valence-electron chi connectivity index (χ2n) is 17.5. The Labute approximate surface area is 381 Å². The Morgan fingerprint density at radius 2 is 1.26 bits per heavy atom. The van der Waals surface area contributed by atoms with Crippen molar-refractivity contribution in [2.45, 2.75) is 30.8 Å². The molecule has 2 atom stereocenters. The molecule has 1 aliphatic heterocycles. The van der Waals surface area contributed by atoms with E-state index in [0.29, 0.717) is 0 Å². The van der Waals surface area contributed by atoms with E-state index >= 15 is 0 Å². The van der Waals surface area contributed by atoms with Gasteiger partial charge in [-0.1, -0.05) is 212 Å². The summed E-state index contributed by atoms with van der Waals surface area (Å²) in [7, 11) is 0. The highest BCUT2D eigenvalue weighted by molar-refractivity contribution is 6.09. The molecule has 3 nitrogen and oxygen atoms in total. The van der Waals surface area contributed by atoms with Gasteiger partial charge in [0.15, 0.2) is 5.84 Å². The van der Waals surface area contributed by atoms with Crippen LogP contribution in [0.2, 0.25) is 0 Å². The number of rotatable bonds is 8. The normalized spacial score (nSPS) is 18.2. The molecule has 1 heterocycles. The average Bonchev–Trinajstić information content (AvgIpc) is 3.71. The SMILES string of the molecule is C1=CCCC(c2cc3ccccc3c3c2-c2ccc(-c4cccc(C5=CCC(C6=NC(c7ccccc7)=NC(c7ccccc7)N6)C=C5)c4)cc2C3(c2ccccc2)c2ccccc2)=C1. The summed E-state index contributed by atoms with van der Waals surface area (Å²) in [6.07, 6.45) is 16.5. The van der Waals surface area contributed by atoms with E-state index in [9.17, 15) is 0 Å². The number of amidine groups is 2. The van der Waals surface area contributed by atoms with Crippen LogP contribution in [0.3, 0.4) is 0 Å². The average molecular weight is 834 g/mol. The Hall–Kier alpha value is -7.88. The minimum Gasteiger partial charge on any atom is -0.348 e. The smallest absolute Gasteiger partial charge is 0.159 e. The van der Waals surface area contributed by atoms with Crippen molar-refractivity contribution in [2.75, 3.05) is 0 Å². The quantitative estimate of drug-likeness (QED) is 0.163. The minimum absolute atomic E-state index is 0.103. The molecular weight excluding hydrogens is 787 g/mol. The van der Waals surface area contributed by atoms with Crippen LogP contribution in [0.15, 0.2) is 241 Å². The van der Waals surface area contributed by atoms with Crippen molar-refractivity contribution in [2.24, 2.45) is 15.9 Å². The van der Waals surface area contributed by atoms with Gasteiger partial charge in [-0.05, 0) is 121 Å². The van der Waals surface area contributed by atoms with E-state index in [-0.39, 0.29) is 12.1 Å². The van der Waals surface area contributed by atoms with E-state index in [1.807, 2.05) is 24.3 Å². The Bertz CT molecular complexity index is 3260. The highest BCUT2D eigenvalue weighted by atomic mass is 15.2. The summed E-state index contributed by atoms with van der Waals surface area (Å²) in [6, 6.07) is 71.1. The third-order valence-corrected chi connectivity index (χ3v) is 13.8. The summed E-state index contributed by atoms with van der Waals surface area (Å²) in [4.78, 5) is 10.2. The standard InChI is InChI=1S/C62H47N3/c1-6-19-43(20-7-1)55-40-50-25-16-17-32-53(50)58-57(55)54-38-37-49(41-56(54)62(58,51-28-12-4-13-29-51)52-30-14-5-15-31-52)48-27-18-26-47(39-48)42-33-35-46(36-34-42)61-64-59(44-21-8-2-9-22-44)63-60(65-61)45-23-10-3-11-24-45/h1-6,8-19,21-35,37-41,46,59H,7,20,36H2,(H,63,64,65). The molecule has 310 valence electrons. The van der Waals surface area contributed by atoms with Gasteiger partial charge in [0, 0.05) is 11.5 Å². The zero-order valence-corrected chi connectivity index (χ0v) is 36.1. The summed E-state index contributed by atoms with van der Waals surface area (Å²) >= 11 is 0. The molecule has 0 fully saturated rings. The Morgan fingerprint density at radius 1 is 0.585 bits per heavy atom. The van der Waals surface area contributed by atoms with Gasteiger partial charge in [0.2, 0.25) is 0 Å². The summed E-state index contributed by atoms with van der Waals surface area (Å²) in [5.74, 6) is 1.81. The lowest BCUT2D eigenvalue weighted by atomic mass is 9.66. The third-order valence-electron chi connectivity index (χ3n) is 13.8. The molecule has 0 saturated carbocycles. The highest BCUT2D eigenvalue weighted by Crippen LogP contribution is 2.60. The fourth-order valence-electron chi connectivity index (χ4n) is 10.7. The second-order valence-corrected chi connectivity index (χ2v) is 17.5. The van der Waals surface area contributed by atoms with E-state index in [1.54, 1.807) is 0 Å². The van der Waals surface area contributed by atoms with Crippen molar-refractivity contribution < 1.29 is 0 Å². The van der Waals surface area contributed by atoms with Crippen molar-refractivity contribution in [1.29, 1.82) is 0 Å². The first-order valence-corrected chi connectivity index (χ1v) is 22.9. The Kier molecular flexibility index (Phi) is 9.75. The summed E-state index contributed by atoms with van der Waals surface area (Å²) in [6.45, 7) is 0. The second kappa shape index (κ2) is 16.3. The van der Waals surface area contributed by atoms with Crippen LogP contribution in [-0.4, -0.2) is 11.7 Å². The Morgan fingerprint density at radius 3 is 1.98 bits per heavy atom. The molecule has 3 aliphatic carbocycles. The molecule has 0 spiro atoms.